The van der Waals surface area contributed by atoms with Crippen LogP contribution in [-0.2, 0) is 4.79 Å². The Labute approximate surface area is 79.2 Å². The second-order valence-corrected chi connectivity index (χ2v) is 4.76. The Bertz CT molecular complexity index is 230. The number of hydrogen-bond donors (Lipinski definition) is 0. The zero-order valence-corrected chi connectivity index (χ0v) is 8.39. The van der Waals surface area contributed by atoms with Gasteiger partial charge in [-0.2, -0.15) is 0 Å². The van der Waals surface area contributed by atoms with E-state index in [4.69, 9.17) is 11.6 Å². The van der Waals surface area contributed by atoms with E-state index < -0.39 is 0 Å². The van der Waals surface area contributed by atoms with Crippen LogP contribution < -0.4 is 0 Å². The lowest BCUT2D eigenvalue weighted by Gasteiger charge is -2.25. The van der Waals surface area contributed by atoms with Crippen molar-refractivity contribution in [2.75, 3.05) is 0 Å². The number of hydrogen-bond acceptors (Lipinski definition) is 1. The van der Waals surface area contributed by atoms with Crippen LogP contribution in [0.4, 0.5) is 0 Å². The Morgan fingerprint density at radius 3 is 2.64 bits per heavy atom. The normalized spacial score (nSPS) is 35.7. The van der Waals surface area contributed by atoms with Crippen molar-refractivity contribution in [3.8, 4) is 0 Å². The highest BCUT2D eigenvalue weighted by Crippen LogP contribution is 2.34. The van der Waals surface area contributed by atoms with E-state index >= 15 is 0 Å². The van der Waals surface area contributed by atoms with E-state index in [1.807, 2.05) is 25.2 Å². The molecule has 0 spiro atoms. The van der Waals surface area contributed by atoms with Gasteiger partial charge in [-0.1, -0.05) is 40.2 Å². The van der Waals surface area contributed by atoms with Gasteiger partial charge in [0.2, 0.25) is 5.24 Å². The van der Waals surface area contributed by atoms with E-state index in [0.717, 1.165) is 0 Å². The number of rotatable bonds is 1. The third-order valence-electron chi connectivity index (χ3n) is 1.69. The standard InChI is InChI=1S/C8H8BrClO/c1-8(9)5-3-2-4-6(8)7(10)11/h2-6H,1H3. The second-order valence-electron chi connectivity index (χ2n) is 2.68. The molecule has 0 aromatic carbocycles. The quantitative estimate of drug-likeness (QED) is 0.504. The lowest BCUT2D eigenvalue weighted by molar-refractivity contribution is -0.114. The summed E-state index contributed by atoms with van der Waals surface area (Å²) in [5.74, 6) is -0.255. The molecule has 2 unspecified atom stereocenters. The van der Waals surface area contributed by atoms with Crippen LogP contribution in [0.2, 0.25) is 0 Å². The first kappa shape index (κ1) is 9.01. The average molecular weight is 236 g/mol. The minimum atomic E-state index is -0.329. The maximum atomic E-state index is 10.9. The summed E-state index contributed by atoms with van der Waals surface area (Å²) in [6.07, 6.45) is 7.43. The van der Waals surface area contributed by atoms with E-state index in [9.17, 15) is 4.79 Å². The van der Waals surface area contributed by atoms with E-state index in [1.54, 1.807) is 6.08 Å². The van der Waals surface area contributed by atoms with Gasteiger partial charge in [0, 0.05) is 0 Å². The van der Waals surface area contributed by atoms with Crippen LogP contribution in [-0.4, -0.2) is 9.57 Å². The molecule has 1 rings (SSSR count). The van der Waals surface area contributed by atoms with Gasteiger partial charge < -0.3 is 0 Å². The molecule has 0 fully saturated rings. The molecular weight excluding hydrogens is 227 g/mol. The van der Waals surface area contributed by atoms with Crippen LogP contribution in [0.5, 0.6) is 0 Å². The lowest BCUT2D eigenvalue weighted by Crippen LogP contribution is -2.29. The van der Waals surface area contributed by atoms with Gasteiger partial charge in [0.1, 0.15) is 0 Å². The van der Waals surface area contributed by atoms with Gasteiger partial charge in [0.15, 0.2) is 0 Å². The summed E-state index contributed by atoms with van der Waals surface area (Å²) in [4.78, 5) is 10.9. The molecule has 60 valence electrons. The predicted molar refractivity (Wildman–Crippen MR) is 50.0 cm³/mol. The van der Waals surface area contributed by atoms with Crippen LogP contribution in [0.3, 0.4) is 0 Å². The van der Waals surface area contributed by atoms with Gasteiger partial charge in [0.05, 0.1) is 10.2 Å². The van der Waals surface area contributed by atoms with Gasteiger partial charge >= 0.3 is 0 Å². The number of carbonyl (C=O) groups excluding carboxylic acids is 1. The summed E-state index contributed by atoms with van der Waals surface area (Å²) in [7, 11) is 0. The number of carbonyl (C=O) groups is 1. The summed E-state index contributed by atoms with van der Waals surface area (Å²) in [5.41, 5.74) is 0. The zero-order chi connectivity index (χ0) is 8.48. The fourth-order valence-corrected chi connectivity index (χ4v) is 1.95. The maximum Gasteiger partial charge on any atom is 0.230 e. The minimum Gasteiger partial charge on any atom is -0.281 e. The molecule has 1 aliphatic carbocycles. The highest BCUT2D eigenvalue weighted by molar-refractivity contribution is 9.10. The van der Waals surface area contributed by atoms with Crippen molar-refractivity contribution in [3.05, 3.63) is 24.3 Å². The first-order valence-corrected chi connectivity index (χ1v) is 4.45. The highest BCUT2D eigenvalue weighted by Gasteiger charge is 2.32. The maximum absolute atomic E-state index is 10.9. The largest absolute Gasteiger partial charge is 0.281 e. The molecule has 1 aliphatic rings. The molecule has 0 saturated carbocycles. The molecule has 11 heavy (non-hydrogen) atoms. The van der Waals surface area contributed by atoms with Crippen molar-refractivity contribution < 1.29 is 4.79 Å². The second kappa shape index (κ2) is 3.11. The van der Waals surface area contributed by atoms with E-state index in [1.165, 1.54) is 0 Å². The topological polar surface area (TPSA) is 17.1 Å². The SMILES string of the molecule is CC1(Br)C=CC=CC1C(=O)Cl. The fraction of sp³-hybridized carbons (Fsp3) is 0.375. The first-order chi connectivity index (χ1) is 5.04. The summed E-state index contributed by atoms with van der Waals surface area (Å²) in [6, 6.07) is 0. The summed E-state index contributed by atoms with van der Waals surface area (Å²) in [6.45, 7) is 1.91. The molecule has 0 aliphatic heterocycles. The molecular formula is C8H8BrClO. The van der Waals surface area contributed by atoms with Crippen LogP contribution >= 0.6 is 27.5 Å². The van der Waals surface area contributed by atoms with E-state index in [2.05, 4.69) is 15.9 Å². The van der Waals surface area contributed by atoms with Gasteiger partial charge in [0.25, 0.3) is 0 Å². The smallest absolute Gasteiger partial charge is 0.230 e. The van der Waals surface area contributed by atoms with Crippen molar-refractivity contribution in [3.63, 3.8) is 0 Å². The van der Waals surface area contributed by atoms with Crippen molar-refractivity contribution in [2.24, 2.45) is 5.92 Å². The molecule has 0 aromatic heterocycles. The summed E-state index contributed by atoms with van der Waals surface area (Å²) >= 11 is 8.80. The third-order valence-corrected chi connectivity index (χ3v) is 2.68. The van der Waals surface area contributed by atoms with Crippen LogP contribution in [0.15, 0.2) is 24.3 Å². The molecule has 0 amide bonds. The first-order valence-electron chi connectivity index (χ1n) is 3.28. The van der Waals surface area contributed by atoms with Crippen LogP contribution in [0.25, 0.3) is 0 Å². The predicted octanol–water partition coefficient (Wildman–Crippen LogP) is 2.65. The van der Waals surface area contributed by atoms with Crippen molar-refractivity contribution in [1.82, 2.24) is 0 Å². The molecule has 2 atom stereocenters. The van der Waals surface area contributed by atoms with E-state index in [-0.39, 0.29) is 15.5 Å². The van der Waals surface area contributed by atoms with E-state index in [0.29, 0.717) is 0 Å². The lowest BCUT2D eigenvalue weighted by atomic mass is 9.91. The Morgan fingerprint density at radius 2 is 2.27 bits per heavy atom. The summed E-state index contributed by atoms with van der Waals surface area (Å²) < 4.78 is -0.319. The monoisotopic (exact) mass is 234 g/mol. The Balaban J connectivity index is 2.89. The molecule has 0 heterocycles. The van der Waals surface area contributed by atoms with Crippen LogP contribution in [0, 0.1) is 5.92 Å². The molecule has 0 bridgehead atoms. The van der Waals surface area contributed by atoms with Crippen LogP contribution in [0.1, 0.15) is 6.92 Å². The fourth-order valence-electron chi connectivity index (χ4n) is 1.01. The third kappa shape index (κ3) is 1.94. The number of allylic oxidation sites excluding steroid dienone is 4. The Kier molecular flexibility index (Phi) is 2.55. The minimum absolute atomic E-state index is 0.255. The van der Waals surface area contributed by atoms with Gasteiger partial charge in [-0.15, -0.1) is 0 Å². The van der Waals surface area contributed by atoms with Crippen molar-refractivity contribution in [1.29, 1.82) is 0 Å². The molecule has 1 nitrogen and oxygen atoms in total. The molecule has 3 heteroatoms. The van der Waals surface area contributed by atoms with Gasteiger partial charge in [-0.3, -0.25) is 4.79 Å². The molecule has 0 radical (unpaired) electrons. The average Bonchev–Trinajstić information content (AvgIpc) is 1.85. The number of halogens is 2. The summed E-state index contributed by atoms with van der Waals surface area (Å²) in [5, 5.41) is -0.329. The Hall–Kier alpha value is -0.0800. The highest BCUT2D eigenvalue weighted by atomic mass is 79.9. The van der Waals surface area contributed by atoms with Crippen molar-refractivity contribution >= 4 is 32.8 Å². The molecule has 0 N–H and O–H groups in total. The number of alkyl halides is 1. The van der Waals surface area contributed by atoms with Crippen molar-refractivity contribution in [2.45, 2.75) is 11.2 Å². The van der Waals surface area contributed by atoms with Gasteiger partial charge in [-0.05, 0) is 18.5 Å². The Morgan fingerprint density at radius 1 is 1.64 bits per heavy atom. The molecule has 0 saturated heterocycles. The zero-order valence-electron chi connectivity index (χ0n) is 6.05. The molecule has 0 aromatic rings. The van der Waals surface area contributed by atoms with Gasteiger partial charge in [-0.25, -0.2) is 0 Å².